The zero-order valence-electron chi connectivity index (χ0n) is 11.7. The third-order valence-corrected chi connectivity index (χ3v) is 3.08. The number of halogens is 2. The minimum atomic E-state index is -3.04. The molecular formula is C14H12F2N2O4. The highest BCUT2D eigenvalue weighted by Gasteiger charge is 2.37. The van der Waals surface area contributed by atoms with Crippen LogP contribution >= 0.6 is 0 Å². The summed E-state index contributed by atoms with van der Waals surface area (Å²) in [7, 11) is 2.45. The first kappa shape index (κ1) is 15.6. The Morgan fingerprint density at radius 3 is 2.14 bits per heavy atom. The van der Waals surface area contributed by atoms with E-state index in [0.29, 0.717) is 0 Å². The monoisotopic (exact) mass is 310 g/mol. The molecule has 0 aliphatic carbocycles. The highest BCUT2D eigenvalue weighted by Crippen LogP contribution is 2.25. The van der Waals surface area contributed by atoms with Gasteiger partial charge in [-0.15, -0.1) is 0 Å². The number of rotatable bonds is 3. The number of alkyl halides is 2. The molecule has 0 spiro atoms. The summed E-state index contributed by atoms with van der Waals surface area (Å²) in [4.78, 5) is 37.2. The molecule has 2 rings (SSSR count). The van der Waals surface area contributed by atoms with Crippen LogP contribution in [0.25, 0.3) is 6.08 Å². The smallest absolute Gasteiger partial charge is 0.387 e. The van der Waals surface area contributed by atoms with Crippen LogP contribution in [0.15, 0.2) is 29.8 Å². The normalized spacial score (nSPS) is 15.7. The lowest BCUT2D eigenvalue weighted by atomic mass is 10.1. The van der Waals surface area contributed by atoms with E-state index < -0.39 is 24.5 Å². The number of urea groups is 1. The quantitative estimate of drug-likeness (QED) is 0.630. The van der Waals surface area contributed by atoms with Crippen LogP contribution in [0.4, 0.5) is 13.6 Å². The Balaban J connectivity index is 2.46. The molecule has 1 saturated heterocycles. The van der Waals surface area contributed by atoms with E-state index in [0.717, 1.165) is 15.9 Å². The van der Waals surface area contributed by atoms with E-state index in [1.54, 1.807) is 6.07 Å². The maximum atomic E-state index is 12.4. The van der Waals surface area contributed by atoms with Crippen molar-refractivity contribution < 1.29 is 27.9 Å². The first-order valence-electron chi connectivity index (χ1n) is 6.18. The molecule has 1 heterocycles. The lowest BCUT2D eigenvalue weighted by Gasteiger charge is -2.28. The number of likely N-dealkylation sites (N-methyl/N-ethyl adjacent to an activating group) is 2. The third-order valence-electron chi connectivity index (χ3n) is 3.08. The Morgan fingerprint density at radius 1 is 1.05 bits per heavy atom. The lowest BCUT2D eigenvalue weighted by Crippen LogP contribution is -2.52. The highest BCUT2D eigenvalue weighted by atomic mass is 19.3. The van der Waals surface area contributed by atoms with Crippen LogP contribution in [0.3, 0.4) is 0 Å². The van der Waals surface area contributed by atoms with Crippen molar-refractivity contribution in [2.45, 2.75) is 6.61 Å². The SMILES string of the molecule is CN1C(=O)C(=Cc2ccccc2OC(F)F)C(=O)N(C)C1=O. The molecule has 22 heavy (non-hydrogen) atoms. The zero-order valence-corrected chi connectivity index (χ0v) is 11.7. The van der Waals surface area contributed by atoms with Gasteiger partial charge in [0.2, 0.25) is 0 Å². The number of ether oxygens (including phenoxy) is 1. The van der Waals surface area contributed by atoms with E-state index >= 15 is 0 Å². The van der Waals surface area contributed by atoms with E-state index in [4.69, 9.17) is 0 Å². The molecule has 1 aliphatic heterocycles. The molecular weight excluding hydrogens is 298 g/mol. The molecule has 0 bridgehead atoms. The fourth-order valence-electron chi connectivity index (χ4n) is 1.93. The molecule has 1 aliphatic rings. The van der Waals surface area contributed by atoms with E-state index in [9.17, 15) is 23.2 Å². The van der Waals surface area contributed by atoms with Crippen molar-refractivity contribution >= 4 is 23.9 Å². The summed E-state index contributed by atoms with van der Waals surface area (Å²) in [5, 5.41) is 0. The Morgan fingerprint density at radius 2 is 1.59 bits per heavy atom. The van der Waals surface area contributed by atoms with Crippen LogP contribution in [0.1, 0.15) is 5.56 Å². The molecule has 0 unspecified atom stereocenters. The number of barbiturate groups is 1. The van der Waals surface area contributed by atoms with Crippen LogP contribution in [-0.4, -0.2) is 48.4 Å². The Bertz CT molecular complexity index is 647. The second-order valence-electron chi connectivity index (χ2n) is 4.49. The average molecular weight is 310 g/mol. The van der Waals surface area contributed by atoms with Crippen molar-refractivity contribution in [2.24, 2.45) is 0 Å². The van der Waals surface area contributed by atoms with Gasteiger partial charge in [-0.1, -0.05) is 18.2 Å². The first-order valence-corrected chi connectivity index (χ1v) is 6.18. The molecule has 1 fully saturated rings. The molecule has 116 valence electrons. The average Bonchev–Trinajstić information content (AvgIpc) is 2.48. The van der Waals surface area contributed by atoms with E-state index in [2.05, 4.69) is 4.74 Å². The van der Waals surface area contributed by atoms with Gasteiger partial charge < -0.3 is 4.74 Å². The van der Waals surface area contributed by atoms with Gasteiger partial charge in [-0.3, -0.25) is 19.4 Å². The van der Waals surface area contributed by atoms with Gasteiger partial charge >= 0.3 is 12.6 Å². The van der Waals surface area contributed by atoms with Gasteiger partial charge in [-0.25, -0.2) is 4.79 Å². The summed E-state index contributed by atoms with van der Waals surface area (Å²) in [6.45, 7) is -3.04. The van der Waals surface area contributed by atoms with Crippen molar-refractivity contribution in [3.63, 3.8) is 0 Å². The number of nitrogens with zero attached hydrogens (tertiary/aromatic N) is 2. The summed E-state index contributed by atoms with van der Waals surface area (Å²) in [5.41, 5.74) is -0.175. The Kier molecular flexibility index (Phi) is 4.20. The largest absolute Gasteiger partial charge is 0.434 e. The van der Waals surface area contributed by atoms with Crippen molar-refractivity contribution in [3.8, 4) is 5.75 Å². The molecule has 0 radical (unpaired) electrons. The lowest BCUT2D eigenvalue weighted by molar-refractivity contribution is -0.134. The summed E-state index contributed by atoms with van der Waals surface area (Å²) >= 11 is 0. The van der Waals surface area contributed by atoms with E-state index in [1.807, 2.05) is 0 Å². The number of hydrogen-bond donors (Lipinski definition) is 0. The van der Waals surface area contributed by atoms with Crippen LogP contribution in [0, 0.1) is 0 Å². The minimum Gasteiger partial charge on any atom is -0.434 e. The van der Waals surface area contributed by atoms with Gasteiger partial charge in [0, 0.05) is 19.7 Å². The van der Waals surface area contributed by atoms with Gasteiger partial charge in [-0.2, -0.15) is 8.78 Å². The molecule has 0 aromatic heterocycles. The Labute approximate surface area is 124 Å². The summed E-state index contributed by atoms with van der Waals surface area (Å²) < 4.78 is 29.1. The van der Waals surface area contributed by atoms with Gasteiger partial charge in [0.25, 0.3) is 11.8 Å². The number of para-hydroxylation sites is 1. The van der Waals surface area contributed by atoms with Crippen molar-refractivity contribution in [3.05, 3.63) is 35.4 Å². The number of hydrogen-bond acceptors (Lipinski definition) is 4. The van der Waals surface area contributed by atoms with Crippen LogP contribution < -0.4 is 4.74 Å². The maximum absolute atomic E-state index is 12.4. The number of carbonyl (C=O) groups excluding carboxylic acids is 3. The Hall–Kier alpha value is -2.77. The highest BCUT2D eigenvalue weighted by molar-refractivity contribution is 6.30. The number of benzene rings is 1. The fraction of sp³-hybridized carbons (Fsp3) is 0.214. The van der Waals surface area contributed by atoms with E-state index in [1.165, 1.54) is 32.3 Å². The van der Waals surface area contributed by atoms with E-state index in [-0.39, 0.29) is 16.9 Å². The third kappa shape index (κ3) is 2.80. The van der Waals surface area contributed by atoms with Gasteiger partial charge in [0.1, 0.15) is 11.3 Å². The van der Waals surface area contributed by atoms with Gasteiger partial charge in [0.05, 0.1) is 0 Å². The number of amides is 4. The van der Waals surface area contributed by atoms with Crippen molar-refractivity contribution in [1.82, 2.24) is 9.80 Å². The van der Waals surface area contributed by atoms with Gasteiger partial charge in [-0.05, 0) is 12.1 Å². The van der Waals surface area contributed by atoms with Crippen molar-refractivity contribution in [1.29, 1.82) is 0 Å². The minimum absolute atomic E-state index is 0.135. The maximum Gasteiger partial charge on any atom is 0.387 e. The van der Waals surface area contributed by atoms with Crippen LogP contribution in [-0.2, 0) is 9.59 Å². The predicted octanol–water partition coefficient (Wildman–Crippen LogP) is 1.72. The molecule has 1 aromatic rings. The second-order valence-corrected chi connectivity index (χ2v) is 4.49. The van der Waals surface area contributed by atoms with Crippen molar-refractivity contribution in [2.75, 3.05) is 14.1 Å². The fourth-order valence-corrected chi connectivity index (χ4v) is 1.93. The summed E-state index contributed by atoms with van der Waals surface area (Å²) in [5.74, 6) is -1.78. The zero-order chi connectivity index (χ0) is 16.4. The van der Waals surface area contributed by atoms with Gasteiger partial charge in [0.15, 0.2) is 0 Å². The summed E-state index contributed by atoms with van der Waals surface area (Å²) in [6, 6.07) is 4.97. The van der Waals surface area contributed by atoms with Crippen LogP contribution in [0.5, 0.6) is 5.75 Å². The predicted molar refractivity (Wildman–Crippen MR) is 72.0 cm³/mol. The summed E-state index contributed by atoms with van der Waals surface area (Å²) in [6.07, 6.45) is 1.13. The molecule has 8 heteroatoms. The first-order chi connectivity index (χ1) is 10.3. The topological polar surface area (TPSA) is 66.9 Å². The molecule has 0 N–H and O–H groups in total. The molecule has 0 saturated carbocycles. The second kappa shape index (κ2) is 5.92. The molecule has 1 aromatic carbocycles. The molecule has 0 atom stereocenters. The molecule has 4 amide bonds. The number of imide groups is 2. The number of carbonyl (C=O) groups is 3. The van der Waals surface area contributed by atoms with Crippen LogP contribution in [0.2, 0.25) is 0 Å². The molecule has 6 nitrogen and oxygen atoms in total. The standard InChI is InChI=1S/C14H12F2N2O4/c1-17-11(19)9(12(20)18(2)14(17)21)7-8-5-3-4-6-10(8)22-13(15)16/h3-7,13H,1-2H3.